The maximum absolute atomic E-state index is 12.3. The number of amides is 1. The first kappa shape index (κ1) is 13.9. The number of H-pyrrole nitrogens is 1. The van der Waals surface area contributed by atoms with Gasteiger partial charge in [0.25, 0.3) is 11.5 Å². The van der Waals surface area contributed by atoms with Crippen molar-refractivity contribution in [1.82, 2.24) is 10.3 Å². The molecule has 21 heavy (non-hydrogen) atoms. The summed E-state index contributed by atoms with van der Waals surface area (Å²) in [5.74, 6) is 0.476. The van der Waals surface area contributed by atoms with Crippen LogP contribution in [0.3, 0.4) is 0 Å². The average Bonchev–Trinajstić information content (AvgIpc) is 2.49. The number of aromatic nitrogens is 1. The lowest BCUT2D eigenvalue weighted by Gasteiger charge is -2.26. The van der Waals surface area contributed by atoms with E-state index in [9.17, 15) is 9.59 Å². The van der Waals surface area contributed by atoms with E-state index in [1.165, 1.54) is 0 Å². The summed E-state index contributed by atoms with van der Waals surface area (Å²) in [6.07, 6.45) is 4.27. The minimum absolute atomic E-state index is 0.194. The molecule has 0 radical (unpaired) electrons. The Balaban J connectivity index is 1.81. The normalized spacial score (nSPS) is 22.1. The molecule has 1 saturated carbocycles. The number of nitrogens with one attached hydrogen (secondary N) is 2. The summed E-state index contributed by atoms with van der Waals surface area (Å²) in [5.41, 5.74) is 0.633. The van der Waals surface area contributed by atoms with E-state index >= 15 is 0 Å². The first-order valence-electron chi connectivity index (χ1n) is 7.56. The monoisotopic (exact) mass is 284 g/mol. The number of fused-ring (bicyclic) bond motifs is 1. The number of para-hydroxylation sites is 1. The Morgan fingerprint density at radius 2 is 1.90 bits per heavy atom. The third-order valence-corrected chi connectivity index (χ3v) is 4.35. The Morgan fingerprint density at radius 1 is 1.19 bits per heavy atom. The smallest absolute Gasteiger partial charge is 0.261 e. The van der Waals surface area contributed by atoms with Gasteiger partial charge in [0.2, 0.25) is 0 Å². The summed E-state index contributed by atoms with van der Waals surface area (Å²) in [6, 6.07) is 9.35. The summed E-state index contributed by atoms with van der Waals surface area (Å²) in [6.45, 7) is 2.24. The third-order valence-electron chi connectivity index (χ3n) is 4.35. The fourth-order valence-corrected chi connectivity index (χ4v) is 2.98. The van der Waals surface area contributed by atoms with Crippen molar-refractivity contribution in [3.8, 4) is 0 Å². The molecular weight excluding hydrogens is 264 g/mol. The molecule has 1 heterocycles. The predicted molar refractivity (Wildman–Crippen MR) is 83.5 cm³/mol. The molecule has 1 aromatic carbocycles. The summed E-state index contributed by atoms with van der Waals surface area (Å²) >= 11 is 0. The molecule has 1 aromatic heterocycles. The van der Waals surface area contributed by atoms with Gasteiger partial charge in [0.05, 0.1) is 0 Å². The first-order chi connectivity index (χ1) is 10.1. The van der Waals surface area contributed by atoms with Gasteiger partial charge in [-0.05, 0) is 49.1 Å². The number of carbonyl (C=O) groups excluding carboxylic acids is 1. The molecule has 4 nitrogen and oxygen atoms in total. The van der Waals surface area contributed by atoms with Gasteiger partial charge in [-0.3, -0.25) is 9.59 Å². The summed E-state index contributed by atoms with van der Waals surface area (Å²) in [7, 11) is 0. The second-order valence-corrected chi connectivity index (χ2v) is 6.03. The van der Waals surface area contributed by atoms with Crippen LogP contribution in [-0.2, 0) is 0 Å². The van der Waals surface area contributed by atoms with Crippen LogP contribution < -0.4 is 10.9 Å². The van der Waals surface area contributed by atoms with Crippen LogP contribution in [0, 0.1) is 5.92 Å². The zero-order chi connectivity index (χ0) is 14.8. The maximum Gasteiger partial charge on any atom is 0.261 e. The van der Waals surface area contributed by atoms with Crippen LogP contribution in [0.1, 0.15) is 43.0 Å². The van der Waals surface area contributed by atoms with Gasteiger partial charge in [-0.15, -0.1) is 0 Å². The van der Waals surface area contributed by atoms with E-state index in [1.54, 1.807) is 6.07 Å². The van der Waals surface area contributed by atoms with E-state index in [0.29, 0.717) is 0 Å². The average molecular weight is 284 g/mol. The van der Waals surface area contributed by atoms with Crippen molar-refractivity contribution in [3.63, 3.8) is 0 Å². The summed E-state index contributed by atoms with van der Waals surface area (Å²) in [5, 5.41) is 3.88. The van der Waals surface area contributed by atoms with Crippen molar-refractivity contribution in [2.45, 2.75) is 38.6 Å². The minimum Gasteiger partial charge on any atom is -0.349 e. The van der Waals surface area contributed by atoms with Gasteiger partial charge in [0, 0.05) is 11.6 Å². The highest BCUT2D eigenvalue weighted by molar-refractivity contribution is 5.97. The number of hydrogen-bond acceptors (Lipinski definition) is 2. The van der Waals surface area contributed by atoms with E-state index < -0.39 is 0 Å². The molecule has 0 aliphatic heterocycles. The molecule has 1 aliphatic carbocycles. The van der Waals surface area contributed by atoms with Crippen molar-refractivity contribution in [1.29, 1.82) is 0 Å². The Hall–Kier alpha value is -2.10. The molecule has 1 amide bonds. The van der Waals surface area contributed by atoms with Crippen molar-refractivity contribution < 1.29 is 4.79 Å². The maximum atomic E-state index is 12.3. The predicted octanol–water partition coefficient (Wildman–Crippen LogP) is 2.84. The topological polar surface area (TPSA) is 62.0 Å². The summed E-state index contributed by atoms with van der Waals surface area (Å²) < 4.78 is 0. The highest BCUT2D eigenvalue weighted by Gasteiger charge is 2.21. The second kappa shape index (κ2) is 5.72. The number of hydrogen-bond donors (Lipinski definition) is 2. The van der Waals surface area contributed by atoms with Crippen molar-refractivity contribution in [2.75, 3.05) is 0 Å². The van der Waals surface area contributed by atoms with E-state index in [1.807, 2.05) is 24.3 Å². The van der Waals surface area contributed by atoms with Gasteiger partial charge in [-0.2, -0.15) is 0 Å². The van der Waals surface area contributed by atoms with E-state index in [2.05, 4.69) is 17.2 Å². The summed E-state index contributed by atoms with van der Waals surface area (Å²) in [4.78, 5) is 27.1. The molecule has 0 saturated heterocycles. The highest BCUT2D eigenvalue weighted by atomic mass is 16.2. The Kier molecular flexibility index (Phi) is 3.78. The fourth-order valence-electron chi connectivity index (χ4n) is 2.98. The SMILES string of the molecule is CC1CCC(NC(=O)c2cc3ccccc3[nH]c2=O)CC1. The van der Waals surface area contributed by atoms with Crippen LogP contribution in [0.25, 0.3) is 10.9 Å². The van der Waals surface area contributed by atoms with Crippen LogP contribution in [0.4, 0.5) is 0 Å². The Labute approximate surface area is 123 Å². The highest BCUT2D eigenvalue weighted by Crippen LogP contribution is 2.23. The molecule has 1 aliphatic rings. The second-order valence-electron chi connectivity index (χ2n) is 6.03. The minimum atomic E-state index is -0.324. The van der Waals surface area contributed by atoms with Gasteiger partial charge in [-0.1, -0.05) is 25.1 Å². The number of carbonyl (C=O) groups is 1. The lowest BCUT2D eigenvalue weighted by atomic mass is 9.87. The quantitative estimate of drug-likeness (QED) is 0.890. The Bertz CT molecular complexity index is 712. The van der Waals surface area contributed by atoms with Gasteiger partial charge in [-0.25, -0.2) is 0 Å². The molecule has 0 bridgehead atoms. The number of aromatic amines is 1. The largest absolute Gasteiger partial charge is 0.349 e. The van der Waals surface area contributed by atoms with Crippen molar-refractivity contribution >= 4 is 16.8 Å². The zero-order valence-electron chi connectivity index (χ0n) is 12.2. The van der Waals surface area contributed by atoms with Gasteiger partial charge in [0.1, 0.15) is 5.56 Å². The Morgan fingerprint density at radius 3 is 2.67 bits per heavy atom. The lowest BCUT2D eigenvalue weighted by molar-refractivity contribution is 0.0921. The van der Waals surface area contributed by atoms with Gasteiger partial charge in [0.15, 0.2) is 0 Å². The third kappa shape index (κ3) is 2.99. The van der Waals surface area contributed by atoms with Crippen molar-refractivity contribution in [3.05, 3.63) is 46.2 Å². The standard InChI is InChI=1S/C17H20N2O2/c1-11-6-8-13(9-7-11)18-16(20)14-10-12-4-2-3-5-15(12)19-17(14)21/h2-5,10-11,13H,6-9H2,1H3,(H,18,20)(H,19,21). The van der Waals surface area contributed by atoms with Crippen LogP contribution in [0.2, 0.25) is 0 Å². The molecule has 110 valence electrons. The molecule has 0 spiro atoms. The molecule has 1 fully saturated rings. The molecule has 0 unspecified atom stereocenters. The van der Waals surface area contributed by atoms with Crippen LogP contribution >= 0.6 is 0 Å². The van der Waals surface area contributed by atoms with E-state index in [4.69, 9.17) is 0 Å². The molecule has 4 heteroatoms. The zero-order valence-corrected chi connectivity index (χ0v) is 12.2. The van der Waals surface area contributed by atoms with Crippen molar-refractivity contribution in [2.24, 2.45) is 5.92 Å². The number of pyridine rings is 1. The lowest BCUT2D eigenvalue weighted by Crippen LogP contribution is -2.39. The molecule has 2 N–H and O–H groups in total. The fraction of sp³-hybridized carbons (Fsp3) is 0.412. The molecule has 0 atom stereocenters. The van der Waals surface area contributed by atoms with E-state index in [0.717, 1.165) is 42.5 Å². The van der Waals surface area contributed by atoms with Gasteiger partial charge < -0.3 is 10.3 Å². The van der Waals surface area contributed by atoms with Gasteiger partial charge >= 0.3 is 0 Å². The molecule has 2 aromatic rings. The first-order valence-corrected chi connectivity index (χ1v) is 7.56. The number of rotatable bonds is 2. The van der Waals surface area contributed by atoms with Crippen LogP contribution in [-0.4, -0.2) is 16.9 Å². The molecule has 3 rings (SSSR count). The van der Waals surface area contributed by atoms with Crippen LogP contribution in [0.5, 0.6) is 0 Å². The van der Waals surface area contributed by atoms with E-state index in [-0.39, 0.29) is 23.1 Å². The molecular formula is C17H20N2O2. The number of benzene rings is 1. The van der Waals surface area contributed by atoms with Crippen LogP contribution in [0.15, 0.2) is 35.1 Å².